The summed E-state index contributed by atoms with van der Waals surface area (Å²) in [5.74, 6) is -0.438. The van der Waals surface area contributed by atoms with E-state index in [1.54, 1.807) is 12.1 Å². The Morgan fingerprint density at radius 3 is 2.18 bits per heavy atom. The fourth-order valence-corrected chi connectivity index (χ4v) is 6.41. The average Bonchev–Trinajstić information content (AvgIpc) is 2.91. The topological polar surface area (TPSA) is 131 Å². The molecule has 0 unspecified atom stereocenters. The molecule has 0 bridgehead atoms. The molecule has 13 heteroatoms. The number of amides is 1. The molecule has 4 rings (SSSR count). The van der Waals surface area contributed by atoms with E-state index in [1.165, 1.54) is 59.9 Å². The first-order chi connectivity index (χ1) is 18.0. The molecule has 0 radical (unpaired) electrons. The summed E-state index contributed by atoms with van der Waals surface area (Å²) in [7, 11) is -6.37. The van der Waals surface area contributed by atoms with Crippen molar-refractivity contribution in [3.8, 4) is 5.75 Å². The van der Waals surface area contributed by atoms with E-state index in [0.717, 1.165) is 5.56 Å². The van der Waals surface area contributed by atoms with Crippen molar-refractivity contribution in [1.29, 1.82) is 0 Å². The van der Waals surface area contributed by atoms with Crippen LogP contribution in [0.5, 0.6) is 5.75 Å². The lowest BCUT2D eigenvalue weighted by molar-refractivity contribution is 0.0730. The zero-order valence-corrected chi connectivity index (χ0v) is 23.0. The number of halogens is 1. The lowest BCUT2D eigenvalue weighted by atomic mass is 10.2. The SMILES string of the molecule is COc1ccc(S(=O)(=O)N2CCOCC2)cc1C(=O)Nc1ccc(S(=O)(=O)Nc2ccc(C)c(Cl)c2)cc1. The Morgan fingerprint density at radius 2 is 1.55 bits per heavy atom. The Morgan fingerprint density at radius 1 is 0.921 bits per heavy atom. The van der Waals surface area contributed by atoms with E-state index in [1.807, 2.05) is 6.92 Å². The van der Waals surface area contributed by atoms with Crippen molar-refractivity contribution in [3.63, 3.8) is 0 Å². The second-order valence-electron chi connectivity index (χ2n) is 8.43. The van der Waals surface area contributed by atoms with Gasteiger partial charge in [0.2, 0.25) is 10.0 Å². The van der Waals surface area contributed by atoms with Crippen LogP contribution in [0.25, 0.3) is 0 Å². The Bertz CT molecular complexity index is 1550. The van der Waals surface area contributed by atoms with Gasteiger partial charge in [0.15, 0.2) is 0 Å². The molecule has 0 saturated carbocycles. The number of nitrogens with zero attached hydrogens (tertiary/aromatic N) is 1. The summed E-state index contributed by atoms with van der Waals surface area (Å²) in [6, 6.07) is 14.4. The fraction of sp³-hybridized carbons (Fsp3) is 0.240. The molecular weight excluding hydrogens is 554 g/mol. The average molecular weight is 580 g/mol. The predicted octanol–water partition coefficient (Wildman–Crippen LogP) is 3.73. The minimum absolute atomic E-state index is 0.0106. The first kappa shape index (κ1) is 27.9. The van der Waals surface area contributed by atoms with Crippen molar-refractivity contribution in [2.45, 2.75) is 16.7 Å². The summed E-state index contributed by atoms with van der Waals surface area (Å²) in [5.41, 5.74) is 1.44. The van der Waals surface area contributed by atoms with E-state index < -0.39 is 26.0 Å². The van der Waals surface area contributed by atoms with Crippen molar-refractivity contribution in [2.24, 2.45) is 0 Å². The van der Waals surface area contributed by atoms with E-state index in [0.29, 0.717) is 29.6 Å². The largest absolute Gasteiger partial charge is 0.496 e. The van der Waals surface area contributed by atoms with Crippen LogP contribution in [-0.2, 0) is 24.8 Å². The molecule has 38 heavy (non-hydrogen) atoms. The normalized spacial score (nSPS) is 14.6. The van der Waals surface area contributed by atoms with Gasteiger partial charge in [0.05, 0.1) is 41.4 Å². The number of aryl methyl sites for hydroxylation is 1. The zero-order chi connectivity index (χ0) is 27.5. The van der Waals surface area contributed by atoms with Gasteiger partial charge in [-0.1, -0.05) is 17.7 Å². The Balaban J connectivity index is 1.52. The van der Waals surface area contributed by atoms with Gasteiger partial charge < -0.3 is 14.8 Å². The molecule has 1 amide bonds. The molecule has 2 N–H and O–H groups in total. The maximum atomic E-state index is 13.1. The third kappa shape index (κ3) is 6.11. The first-order valence-electron chi connectivity index (χ1n) is 11.5. The minimum Gasteiger partial charge on any atom is -0.496 e. The highest BCUT2D eigenvalue weighted by atomic mass is 35.5. The third-order valence-electron chi connectivity index (χ3n) is 5.87. The number of ether oxygens (including phenoxy) is 2. The Labute approximate surface area is 226 Å². The molecule has 1 aliphatic rings. The number of rotatable bonds is 8. The van der Waals surface area contributed by atoms with Crippen LogP contribution in [0.1, 0.15) is 15.9 Å². The molecule has 1 fully saturated rings. The Hall–Kier alpha value is -3.16. The van der Waals surface area contributed by atoms with Gasteiger partial charge in [-0.15, -0.1) is 0 Å². The standard InChI is InChI=1S/C25H26ClN3O7S2/c1-17-3-4-19(15-23(17)26)28-37(31,32)20-7-5-18(6-8-20)27-25(30)22-16-21(9-10-24(22)35-2)38(33,34)29-11-13-36-14-12-29/h3-10,15-16,28H,11-14H2,1-2H3,(H,27,30). The number of sulfonamides is 2. The van der Waals surface area contributed by atoms with Crippen molar-refractivity contribution in [3.05, 3.63) is 76.8 Å². The highest BCUT2D eigenvalue weighted by Gasteiger charge is 2.28. The lowest BCUT2D eigenvalue weighted by Gasteiger charge is -2.26. The predicted molar refractivity (Wildman–Crippen MR) is 144 cm³/mol. The molecular formula is C25H26ClN3O7S2. The van der Waals surface area contributed by atoms with E-state index >= 15 is 0 Å². The van der Waals surface area contributed by atoms with Crippen molar-refractivity contribution in [2.75, 3.05) is 43.5 Å². The maximum absolute atomic E-state index is 13.1. The highest BCUT2D eigenvalue weighted by Crippen LogP contribution is 2.27. The van der Waals surface area contributed by atoms with Gasteiger partial charge in [0.1, 0.15) is 5.75 Å². The Kier molecular flexibility index (Phi) is 8.28. The summed E-state index contributed by atoms with van der Waals surface area (Å²) in [6.07, 6.45) is 0. The van der Waals surface area contributed by atoms with Crippen molar-refractivity contribution >= 4 is 48.9 Å². The van der Waals surface area contributed by atoms with Crippen LogP contribution in [0.15, 0.2) is 70.5 Å². The van der Waals surface area contributed by atoms with Gasteiger partial charge in [-0.2, -0.15) is 4.31 Å². The van der Waals surface area contributed by atoms with Gasteiger partial charge in [0.25, 0.3) is 15.9 Å². The first-order valence-corrected chi connectivity index (χ1v) is 14.8. The summed E-state index contributed by atoms with van der Waals surface area (Å²) < 4.78 is 65.9. The summed E-state index contributed by atoms with van der Waals surface area (Å²) in [5, 5.41) is 3.08. The summed E-state index contributed by atoms with van der Waals surface area (Å²) in [4.78, 5) is 13.0. The molecule has 0 aliphatic carbocycles. The van der Waals surface area contributed by atoms with Gasteiger partial charge in [-0.05, 0) is 67.1 Å². The van der Waals surface area contributed by atoms with Crippen molar-refractivity contribution in [1.82, 2.24) is 4.31 Å². The smallest absolute Gasteiger partial charge is 0.261 e. The van der Waals surface area contributed by atoms with Gasteiger partial charge in [-0.3, -0.25) is 9.52 Å². The molecule has 1 saturated heterocycles. The fourth-order valence-electron chi connectivity index (χ4n) is 3.75. The molecule has 202 valence electrons. The number of carbonyl (C=O) groups is 1. The maximum Gasteiger partial charge on any atom is 0.261 e. The summed E-state index contributed by atoms with van der Waals surface area (Å²) >= 11 is 6.08. The van der Waals surface area contributed by atoms with E-state index in [2.05, 4.69) is 10.0 Å². The molecule has 3 aromatic carbocycles. The third-order valence-corrected chi connectivity index (χ3v) is 9.57. The van der Waals surface area contributed by atoms with Crippen LogP contribution < -0.4 is 14.8 Å². The number of methoxy groups -OCH3 is 1. The zero-order valence-electron chi connectivity index (χ0n) is 20.6. The van der Waals surface area contributed by atoms with Crippen LogP contribution >= 0.6 is 11.6 Å². The highest BCUT2D eigenvalue weighted by molar-refractivity contribution is 7.92. The number of hydrogen-bond acceptors (Lipinski definition) is 7. The van der Waals surface area contributed by atoms with Crippen LogP contribution in [0.3, 0.4) is 0 Å². The molecule has 1 heterocycles. The van der Waals surface area contributed by atoms with E-state index in [-0.39, 0.29) is 34.2 Å². The molecule has 1 aliphatic heterocycles. The number of benzene rings is 3. The van der Waals surface area contributed by atoms with Gasteiger partial charge in [-0.25, -0.2) is 16.8 Å². The van der Waals surface area contributed by atoms with Crippen LogP contribution in [0.2, 0.25) is 5.02 Å². The second-order valence-corrected chi connectivity index (χ2v) is 12.5. The van der Waals surface area contributed by atoms with Gasteiger partial charge in [0, 0.05) is 23.8 Å². The minimum atomic E-state index is -3.91. The van der Waals surface area contributed by atoms with Crippen LogP contribution in [0, 0.1) is 6.92 Å². The molecule has 10 nitrogen and oxygen atoms in total. The van der Waals surface area contributed by atoms with Crippen molar-refractivity contribution < 1.29 is 31.1 Å². The summed E-state index contributed by atoms with van der Waals surface area (Å²) in [6.45, 7) is 2.84. The quantitative estimate of drug-likeness (QED) is 0.416. The molecule has 0 atom stereocenters. The monoisotopic (exact) mass is 579 g/mol. The van der Waals surface area contributed by atoms with Crippen LogP contribution in [0.4, 0.5) is 11.4 Å². The molecule has 0 spiro atoms. The van der Waals surface area contributed by atoms with Gasteiger partial charge >= 0.3 is 0 Å². The molecule has 0 aromatic heterocycles. The number of morpholine rings is 1. The number of anilines is 2. The number of nitrogens with one attached hydrogen (secondary N) is 2. The number of hydrogen-bond donors (Lipinski definition) is 2. The molecule has 3 aromatic rings. The van der Waals surface area contributed by atoms with E-state index in [9.17, 15) is 21.6 Å². The van der Waals surface area contributed by atoms with Crippen LogP contribution in [-0.4, -0.2) is 60.5 Å². The lowest BCUT2D eigenvalue weighted by Crippen LogP contribution is -2.40. The second kappa shape index (κ2) is 11.3. The van der Waals surface area contributed by atoms with E-state index in [4.69, 9.17) is 21.1 Å². The number of carbonyl (C=O) groups excluding carboxylic acids is 1.